The van der Waals surface area contributed by atoms with Crippen LogP contribution in [0.2, 0.25) is 5.02 Å². The van der Waals surface area contributed by atoms with Crippen LogP contribution in [0.5, 0.6) is 0 Å². The highest BCUT2D eigenvalue weighted by Gasteiger charge is 2.37. The summed E-state index contributed by atoms with van der Waals surface area (Å²) in [5.41, 5.74) is 2.23. The quantitative estimate of drug-likeness (QED) is 0.919. The SMILES string of the molecule is Cn1nc(CN2CCC3CNCC32)c2c(Cl)cccc21. The van der Waals surface area contributed by atoms with Crippen molar-refractivity contribution in [2.24, 2.45) is 13.0 Å². The molecule has 0 amide bonds. The molecule has 0 spiro atoms. The van der Waals surface area contributed by atoms with E-state index < -0.39 is 0 Å². The van der Waals surface area contributed by atoms with Crippen molar-refractivity contribution in [2.75, 3.05) is 19.6 Å². The monoisotopic (exact) mass is 290 g/mol. The molecule has 106 valence electrons. The summed E-state index contributed by atoms with van der Waals surface area (Å²) in [6.07, 6.45) is 1.30. The molecule has 1 aromatic heterocycles. The average molecular weight is 291 g/mol. The zero-order valence-corrected chi connectivity index (χ0v) is 12.4. The highest BCUT2D eigenvalue weighted by Crippen LogP contribution is 2.32. The minimum Gasteiger partial charge on any atom is -0.315 e. The number of benzene rings is 1. The number of aryl methyl sites for hydroxylation is 1. The van der Waals surface area contributed by atoms with Crippen molar-refractivity contribution in [1.82, 2.24) is 20.0 Å². The normalized spacial score (nSPS) is 26.5. The smallest absolute Gasteiger partial charge is 0.0858 e. The summed E-state index contributed by atoms with van der Waals surface area (Å²) in [4.78, 5) is 2.57. The lowest BCUT2D eigenvalue weighted by atomic mass is 10.1. The Bertz CT molecular complexity index is 651. The Hall–Kier alpha value is -1.10. The van der Waals surface area contributed by atoms with Crippen LogP contribution in [0.15, 0.2) is 18.2 Å². The number of aromatic nitrogens is 2. The van der Waals surface area contributed by atoms with Gasteiger partial charge in [0.25, 0.3) is 0 Å². The molecule has 0 saturated carbocycles. The Labute approximate surface area is 123 Å². The highest BCUT2D eigenvalue weighted by molar-refractivity contribution is 6.35. The Balaban J connectivity index is 1.69. The van der Waals surface area contributed by atoms with Crippen molar-refractivity contribution < 1.29 is 0 Å². The third-order valence-corrected chi connectivity index (χ3v) is 5.13. The van der Waals surface area contributed by atoms with E-state index in [-0.39, 0.29) is 0 Å². The zero-order valence-electron chi connectivity index (χ0n) is 11.6. The molecule has 0 aliphatic carbocycles. The van der Waals surface area contributed by atoms with E-state index in [4.69, 9.17) is 16.7 Å². The summed E-state index contributed by atoms with van der Waals surface area (Å²) in [7, 11) is 1.99. The number of fused-ring (bicyclic) bond motifs is 2. The Morgan fingerprint density at radius 2 is 2.30 bits per heavy atom. The number of hydrogen-bond donors (Lipinski definition) is 1. The van der Waals surface area contributed by atoms with Gasteiger partial charge in [-0.15, -0.1) is 0 Å². The lowest BCUT2D eigenvalue weighted by Gasteiger charge is -2.22. The minimum absolute atomic E-state index is 0.676. The summed E-state index contributed by atoms with van der Waals surface area (Å²) in [5.74, 6) is 0.820. The van der Waals surface area contributed by atoms with Crippen molar-refractivity contribution in [1.29, 1.82) is 0 Å². The number of rotatable bonds is 2. The van der Waals surface area contributed by atoms with E-state index in [1.807, 2.05) is 23.9 Å². The molecule has 2 aliphatic heterocycles. The zero-order chi connectivity index (χ0) is 13.7. The second-order valence-corrected chi connectivity index (χ2v) is 6.36. The molecule has 2 saturated heterocycles. The fourth-order valence-electron chi connectivity index (χ4n) is 3.79. The second kappa shape index (κ2) is 4.72. The van der Waals surface area contributed by atoms with Crippen LogP contribution in [0, 0.1) is 5.92 Å². The number of nitrogens with zero attached hydrogens (tertiary/aromatic N) is 3. The van der Waals surface area contributed by atoms with Crippen molar-refractivity contribution in [3.05, 3.63) is 28.9 Å². The first-order chi connectivity index (χ1) is 9.74. The van der Waals surface area contributed by atoms with Crippen molar-refractivity contribution in [2.45, 2.75) is 19.0 Å². The van der Waals surface area contributed by atoms with Crippen LogP contribution in [0.4, 0.5) is 0 Å². The van der Waals surface area contributed by atoms with Gasteiger partial charge in [-0.05, 0) is 37.6 Å². The van der Waals surface area contributed by atoms with Gasteiger partial charge in [0.2, 0.25) is 0 Å². The van der Waals surface area contributed by atoms with Crippen LogP contribution in [0.1, 0.15) is 12.1 Å². The van der Waals surface area contributed by atoms with Gasteiger partial charge in [-0.1, -0.05) is 17.7 Å². The first-order valence-electron chi connectivity index (χ1n) is 7.29. The summed E-state index contributed by atoms with van der Waals surface area (Å²) in [6, 6.07) is 6.71. The van der Waals surface area contributed by atoms with E-state index in [9.17, 15) is 0 Å². The maximum absolute atomic E-state index is 6.39. The van der Waals surface area contributed by atoms with Crippen LogP contribution in [0.3, 0.4) is 0 Å². The fourth-order valence-corrected chi connectivity index (χ4v) is 4.07. The van der Waals surface area contributed by atoms with Gasteiger partial charge in [-0.3, -0.25) is 9.58 Å². The maximum Gasteiger partial charge on any atom is 0.0858 e. The van der Waals surface area contributed by atoms with E-state index in [0.717, 1.165) is 40.6 Å². The summed E-state index contributed by atoms with van der Waals surface area (Å²) in [5, 5.41) is 10.1. The van der Waals surface area contributed by atoms with Crippen LogP contribution >= 0.6 is 11.6 Å². The van der Waals surface area contributed by atoms with E-state index in [1.54, 1.807) is 0 Å². The molecular weight excluding hydrogens is 272 g/mol. The molecule has 5 heteroatoms. The highest BCUT2D eigenvalue weighted by atomic mass is 35.5. The molecule has 2 unspecified atom stereocenters. The number of nitrogens with one attached hydrogen (secondary N) is 1. The molecule has 2 fully saturated rings. The van der Waals surface area contributed by atoms with Crippen LogP contribution in [-0.4, -0.2) is 40.4 Å². The molecule has 0 radical (unpaired) electrons. The van der Waals surface area contributed by atoms with Crippen LogP contribution in [-0.2, 0) is 13.6 Å². The Morgan fingerprint density at radius 3 is 3.20 bits per heavy atom. The molecule has 2 aliphatic rings. The molecule has 20 heavy (non-hydrogen) atoms. The van der Waals surface area contributed by atoms with E-state index in [0.29, 0.717) is 6.04 Å². The Kier molecular flexibility index (Phi) is 2.98. The average Bonchev–Trinajstić information content (AvgIpc) is 3.08. The predicted octanol–water partition coefficient (Wildman–Crippen LogP) is 2.02. The van der Waals surface area contributed by atoms with Gasteiger partial charge in [-0.25, -0.2) is 0 Å². The number of likely N-dealkylation sites (tertiary alicyclic amines) is 1. The van der Waals surface area contributed by atoms with Gasteiger partial charge in [-0.2, -0.15) is 5.10 Å². The largest absolute Gasteiger partial charge is 0.315 e. The van der Waals surface area contributed by atoms with Gasteiger partial charge in [0.1, 0.15) is 0 Å². The van der Waals surface area contributed by atoms with Gasteiger partial charge >= 0.3 is 0 Å². The van der Waals surface area contributed by atoms with Crippen molar-refractivity contribution in [3.63, 3.8) is 0 Å². The lowest BCUT2D eigenvalue weighted by molar-refractivity contribution is 0.241. The lowest BCUT2D eigenvalue weighted by Crippen LogP contribution is -2.33. The van der Waals surface area contributed by atoms with E-state index in [2.05, 4.69) is 16.3 Å². The van der Waals surface area contributed by atoms with Gasteiger partial charge < -0.3 is 5.32 Å². The standard InChI is InChI=1S/C15H19ClN4/c1-19-13-4-2-3-11(16)15(13)12(18-19)9-20-6-5-10-7-17-8-14(10)20/h2-4,10,14,17H,5-9H2,1H3. The molecule has 4 rings (SSSR count). The molecule has 1 aromatic carbocycles. The molecule has 3 heterocycles. The molecule has 4 nitrogen and oxygen atoms in total. The number of halogens is 1. The van der Waals surface area contributed by atoms with Crippen molar-refractivity contribution in [3.8, 4) is 0 Å². The molecule has 0 bridgehead atoms. The van der Waals surface area contributed by atoms with E-state index >= 15 is 0 Å². The van der Waals surface area contributed by atoms with Gasteiger partial charge in [0.05, 0.1) is 16.2 Å². The molecular formula is C15H19ClN4. The molecule has 2 aromatic rings. The van der Waals surface area contributed by atoms with Gasteiger partial charge in [0.15, 0.2) is 0 Å². The van der Waals surface area contributed by atoms with E-state index in [1.165, 1.54) is 19.5 Å². The topological polar surface area (TPSA) is 33.1 Å². The summed E-state index contributed by atoms with van der Waals surface area (Å²) in [6.45, 7) is 4.37. The first kappa shape index (κ1) is 12.6. The third-order valence-electron chi connectivity index (χ3n) is 4.81. The third kappa shape index (κ3) is 1.86. The van der Waals surface area contributed by atoms with Crippen LogP contribution < -0.4 is 5.32 Å². The molecule has 1 N–H and O–H groups in total. The number of hydrogen-bond acceptors (Lipinski definition) is 3. The van der Waals surface area contributed by atoms with Crippen LogP contribution in [0.25, 0.3) is 10.9 Å². The van der Waals surface area contributed by atoms with Gasteiger partial charge in [0, 0.05) is 31.6 Å². The summed E-state index contributed by atoms with van der Waals surface area (Å²) >= 11 is 6.39. The predicted molar refractivity (Wildman–Crippen MR) is 80.9 cm³/mol. The summed E-state index contributed by atoms with van der Waals surface area (Å²) < 4.78 is 1.94. The fraction of sp³-hybridized carbons (Fsp3) is 0.533. The minimum atomic E-state index is 0.676. The van der Waals surface area contributed by atoms with Crippen molar-refractivity contribution >= 4 is 22.5 Å². The second-order valence-electron chi connectivity index (χ2n) is 5.95. The first-order valence-corrected chi connectivity index (χ1v) is 7.66. The molecule has 2 atom stereocenters. The maximum atomic E-state index is 6.39. The Morgan fingerprint density at radius 1 is 1.40 bits per heavy atom.